The number of rotatable bonds is 4. The Bertz CT molecular complexity index is 304. The molecule has 6 heteroatoms. The molecule has 1 N–H and O–H groups in total. The molecule has 1 aliphatic heterocycles. The lowest BCUT2D eigenvalue weighted by atomic mass is 10.3. The summed E-state index contributed by atoms with van der Waals surface area (Å²) < 4.78 is 0. The van der Waals surface area contributed by atoms with Gasteiger partial charge in [-0.25, -0.2) is 0 Å². The molecule has 0 aromatic heterocycles. The fraction of sp³-hybridized carbons (Fsp3) is 0.667. The number of carboxylic acids is 1. The molecule has 0 aromatic carbocycles. The van der Waals surface area contributed by atoms with Crippen LogP contribution in [-0.2, 0) is 9.59 Å². The van der Waals surface area contributed by atoms with Gasteiger partial charge in [-0.3, -0.25) is 19.5 Å². The molecule has 0 aliphatic carbocycles. The smallest absolute Gasteiger partial charge is 0.305 e. The quantitative estimate of drug-likeness (QED) is 0.775. The average molecular weight is 230 g/mol. The van der Waals surface area contributed by atoms with Crippen LogP contribution in [0.1, 0.15) is 20.3 Å². The van der Waals surface area contributed by atoms with E-state index in [1.54, 1.807) is 4.90 Å². The molecule has 1 heterocycles. The SMILES string of the molecule is CCN=C1S[C@H](CC(=O)O)C(=O)N1CC. The van der Waals surface area contributed by atoms with Crippen molar-refractivity contribution >= 4 is 28.8 Å². The van der Waals surface area contributed by atoms with Crippen molar-refractivity contribution < 1.29 is 14.7 Å². The normalized spacial score (nSPS) is 23.9. The van der Waals surface area contributed by atoms with E-state index >= 15 is 0 Å². The largest absolute Gasteiger partial charge is 0.481 e. The standard InChI is InChI=1S/C9H14N2O3S/c1-3-10-9-11(4-2)8(14)6(15-9)5-7(12)13/h6H,3-5H2,1-2H3,(H,12,13)/t6-/m1/s1. The number of carbonyl (C=O) groups is 2. The van der Waals surface area contributed by atoms with E-state index in [2.05, 4.69) is 4.99 Å². The van der Waals surface area contributed by atoms with Gasteiger partial charge in [-0.2, -0.15) is 0 Å². The Balaban J connectivity index is 2.78. The second kappa shape index (κ2) is 5.16. The number of amides is 1. The van der Waals surface area contributed by atoms with Crippen LogP contribution in [-0.4, -0.2) is 45.4 Å². The topological polar surface area (TPSA) is 70.0 Å². The van der Waals surface area contributed by atoms with Crippen molar-refractivity contribution in [2.45, 2.75) is 25.5 Å². The van der Waals surface area contributed by atoms with E-state index in [1.807, 2.05) is 13.8 Å². The predicted molar refractivity (Wildman–Crippen MR) is 59.0 cm³/mol. The first-order valence-electron chi connectivity index (χ1n) is 4.84. The molecule has 0 spiro atoms. The molecule has 1 fully saturated rings. The highest BCUT2D eigenvalue weighted by atomic mass is 32.2. The summed E-state index contributed by atoms with van der Waals surface area (Å²) in [6.45, 7) is 4.88. The van der Waals surface area contributed by atoms with Crippen LogP contribution in [0.25, 0.3) is 0 Å². The zero-order chi connectivity index (χ0) is 11.4. The van der Waals surface area contributed by atoms with Crippen LogP contribution in [0, 0.1) is 0 Å². The van der Waals surface area contributed by atoms with Crippen molar-refractivity contribution in [2.75, 3.05) is 13.1 Å². The van der Waals surface area contributed by atoms with Gasteiger partial charge in [0.15, 0.2) is 5.17 Å². The van der Waals surface area contributed by atoms with Crippen molar-refractivity contribution in [1.29, 1.82) is 0 Å². The van der Waals surface area contributed by atoms with E-state index < -0.39 is 11.2 Å². The van der Waals surface area contributed by atoms with Crippen LogP contribution in [0.4, 0.5) is 0 Å². The monoisotopic (exact) mass is 230 g/mol. The summed E-state index contributed by atoms with van der Waals surface area (Å²) in [4.78, 5) is 28.0. The zero-order valence-corrected chi connectivity index (χ0v) is 9.58. The Hall–Kier alpha value is -1.04. The van der Waals surface area contributed by atoms with Gasteiger partial charge < -0.3 is 5.11 Å². The minimum Gasteiger partial charge on any atom is -0.481 e. The third-order valence-corrected chi connectivity index (χ3v) is 3.20. The molecule has 1 atom stereocenters. The number of thioether (sulfide) groups is 1. The lowest BCUT2D eigenvalue weighted by Gasteiger charge is -2.12. The van der Waals surface area contributed by atoms with Gasteiger partial charge in [-0.05, 0) is 13.8 Å². The molecule has 0 aromatic rings. The summed E-state index contributed by atoms with van der Waals surface area (Å²) in [7, 11) is 0. The second-order valence-corrected chi connectivity index (χ2v) is 4.21. The summed E-state index contributed by atoms with van der Waals surface area (Å²) in [6, 6.07) is 0. The van der Waals surface area contributed by atoms with E-state index in [0.717, 1.165) is 0 Å². The molecule has 5 nitrogen and oxygen atoms in total. The fourth-order valence-corrected chi connectivity index (χ4v) is 2.60. The van der Waals surface area contributed by atoms with E-state index in [0.29, 0.717) is 18.3 Å². The number of carboxylic acid groups (broad SMARTS) is 1. The molecule has 1 amide bonds. The summed E-state index contributed by atoms with van der Waals surface area (Å²) in [6.07, 6.45) is -0.136. The lowest BCUT2D eigenvalue weighted by molar-refractivity contribution is -0.139. The molecular formula is C9H14N2O3S. The number of aliphatic carboxylic acids is 1. The number of hydrogen-bond donors (Lipinski definition) is 1. The Morgan fingerprint density at radius 1 is 1.60 bits per heavy atom. The van der Waals surface area contributed by atoms with Crippen LogP contribution in [0.2, 0.25) is 0 Å². The number of nitrogens with zero attached hydrogens (tertiary/aromatic N) is 2. The van der Waals surface area contributed by atoms with Crippen molar-refractivity contribution in [3.63, 3.8) is 0 Å². The molecule has 0 unspecified atom stereocenters. The van der Waals surface area contributed by atoms with E-state index in [9.17, 15) is 9.59 Å². The molecule has 1 rings (SSSR count). The van der Waals surface area contributed by atoms with E-state index in [-0.39, 0.29) is 12.3 Å². The Morgan fingerprint density at radius 3 is 2.73 bits per heavy atom. The summed E-state index contributed by atoms with van der Waals surface area (Å²) >= 11 is 1.25. The van der Waals surface area contributed by atoms with Gasteiger partial charge in [0.05, 0.1) is 6.42 Å². The summed E-state index contributed by atoms with van der Waals surface area (Å²) in [5, 5.41) is 8.79. The van der Waals surface area contributed by atoms with Crippen molar-refractivity contribution in [3.8, 4) is 0 Å². The van der Waals surface area contributed by atoms with Crippen LogP contribution in [0.3, 0.4) is 0 Å². The van der Waals surface area contributed by atoms with Gasteiger partial charge in [0, 0.05) is 13.1 Å². The molecular weight excluding hydrogens is 216 g/mol. The number of amidine groups is 1. The second-order valence-electron chi connectivity index (χ2n) is 3.04. The Kier molecular flexibility index (Phi) is 4.14. The number of carbonyl (C=O) groups excluding carboxylic acids is 1. The number of hydrogen-bond acceptors (Lipinski definition) is 4. The molecule has 1 saturated heterocycles. The van der Waals surface area contributed by atoms with Gasteiger partial charge in [-0.15, -0.1) is 0 Å². The highest BCUT2D eigenvalue weighted by Gasteiger charge is 2.37. The average Bonchev–Trinajstić information content (AvgIpc) is 2.43. The van der Waals surface area contributed by atoms with Gasteiger partial charge in [-0.1, -0.05) is 11.8 Å². The third kappa shape index (κ3) is 2.71. The first-order chi connectivity index (χ1) is 7.10. The maximum atomic E-state index is 11.7. The van der Waals surface area contributed by atoms with Crippen molar-refractivity contribution in [1.82, 2.24) is 4.90 Å². The molecule has 84 valence electrons. The fourth-order valence-electron chi connectivity index (χ4n) is 1.35. The van der Waals surface area contributed by atoms with Crippen LogP contribution in [0.5, 0.6) is 0 Å². The highest BCUT2D eigenvalue weighted by molar-refractivity contribution is 8.15. The predicted octanol–water partition coefficient (Wildman–Crippen LogP) is 0.801. The van der Waals surface area contributed by atoms with E-state index in [1.165, 1.54) is 11.8 Å². The van der Waals surface area contributed by atoms with Gasteiger partial charge in [0.25, 0.3) is 0 Å². The van der Waals surface area contributed by atoms with Crippen LogP contribution < -0.4 is 0 Å². The maximum Gasteiger partial charge on any atom is 0.305 e. The third-order valence-electron chi connectivity index (χ3n) is 1.99. The first-order valence-corrected chi connectivity index (χ1v) is 5.72. The molecule has 0 bridgehead atoms. The molecule has 0 saturated carbocycles. The van der Waals surface area contributed by atoms with Crippen LogP contribution >= 0.6 is 11.8 Å². The van der Waals surface area contributed by atoms with Gasteiger partial charge in [0.2, 0.25) is 5.91 Å². The van der Waals surface area contributed by atoms with Crippen molar-refractivity contribution in [2.24, 2.45) is 4.99 Å². The van der Waals surface area contributed by atoms with Gasteiger partial charge in [0.1, 0.15) is 5.25 Å². The van der Waals surface area contributed by atoms with E-state index in [4.69, 9.17) is 5.11 Å². The van der Waals surface area contributed by atoms with Crippen molar-refractivity contribution in [3.05, 3.63) is 0 Å². The minimum absolute atomic E-state index is 0.136. The first kappa shape index (κ1) is 12.0. The summed E-state index contributed by atoms with van der Waals surface area (Å²) in [5.74, 6) is -1.09. The lowest BCUT2D eigenvalue weighted by Crippen LogP contribution is -2.32. The molecule has 1 aliphatic rings. The zero-order valence-electron chi connectivity index (χ0n) is 8.77. The molecule has 15 heavy (non-hydrogen) atoms. The Labute approximate surface area is 92.5 Å². The summed E-state index contributed by atoms with van der Waals surface area (Å²) in [5.41, 5.74) is 0. The van der Waals surface area contributed by atoms with Gasteiger partial charge >= 0.3 is 5.97 Å². The highest BCUT2D eigenvalue weighted by Crippen LogP contribution is 2.29. The number of aliphatic imine (C=N–C) groups is 1. The maximum absolute atomic E-state index is 11.7. The Morgan fingerprint density at radius 2 is 2.27 bits per heavy atom. The molecule has 0 radical (unpaired) electrons. The van der Waals surface area contributed by atoms with Crippen LogP contribution in [0.15, 0.2) is 4.99 Å². The minimum atomic E-state index is -0.949.